The van der Waals surface area contributed by atoms with Gasteiger partial charge in [0.05, 0.1) is 20.8 Å². The first-order valence-corrected chi connectivity index (χ1v) is 6.52. The van der Waals surface area contributed by atoms with Crippen LogP contribution in [0.25, 0.3) is 0 Å². The summed E-state index contributed by atoms with van der Waals surface area (Å²) >= 11 is 5.95. The maximum atomic E-state index is 13.1. The van der Waals surface area contributed by atoms with Crippen LogP contribution in [0.5, 0.6) is 0 Å². The quantitative estimate of drug-likeness (QED) is 0.806. The van der Waals surface area contributed by atoms with Crippen LogP contribution in [0.1, 0.15) is 26.5 Å². The second kappa shape index (κ2) is 6.57. The smallest absolute Gasteiger partial charge is 0.358 e. The normalized spacial score (nSPS) is 10.4. The Bertz CT molecular complexity index is 730. The van der Waals surface area contributed by atoms with Crippen LogP contribution in [0, 0.1) is 5.82 Å². The van der Waals surface area contributed by atoms with Crippen molar-refractivity contribution in [2.45, 2.75) is 6.54 Å². The predicted molar refractivity (Wildman–Crippen MR) is 75.4 cm³/mol. The summed E-state index contributed by atoms with van der Waals surface area (Å²) < 4.78 is 23.5. The largest absolute Gasteiger partial charge is 0.464 e. The second-order valence-corrected chi connectivity index (χ2v) is 4.70. The second-order valence-electron chi connectivity index (χ2n) is 4.29. The van der Waals surface area contributed by atoms with Gasteiger partial charge in [-0.25, -0.2) is 14.0 Å². The number of nitrogens with zero attached hydrogens (tertiary/aromatic N) is 2. The van der Waals surface area contributed by atoms with E-state index < -0.39 is 17.8 Å². The first kappa shape index (κ1) is 16.0. The molecule has 0 saturated heterocycles. The van der Waals surface area contributed by atoms with Gasteiger partial charge in [0.2, 0.25) is 0 Å². The van der Waals surface area contributed by atoms with Crippen molar-refractivity contribution in [2.24, 2.45) is 0 Å². The number of hydrogen-bond donors (Lipinski definition) is 0. The number of aromatic nitrogens is 2. The molecular formula is C14H12ClFN2O4. The maximum absolute atomic E-state index is 13.1. The molecule has 1 aromatic heterocycles. The molecule has 0 atom stereocenters. The Balaban J connectivity index is 2.42. The van der Waals surface area contributed by atoms with E-state index in [1.54, 1.807) is 0 Å². The molecule has 2 rings (SSSR count). The van der Waals surface area contributed by atoms with Crippen LogP contribution < -0.4 is 0 Å². The highest BCUT2D eigenvalue weighted by Gasteiger charge is 2.20. The van der Waals surface area contributed by atoms with Gasteiger partial charge >= 0.3 is 11.9 Å². The molecule has 1 aromatic carbocycles. The number of esters is 2. The maximum Gasteiger partial charge on any atom is 0.358 e. The van der Waals surface area contributed by atoms with E-state index in [0.717, 1.165) is 6.07 Å². The lowest BCUT2D eigenvalue weighted by Gasteiger charge is -2.07. The molecule has 2 aromatic rings. The molecule has 0 fully saturated rings. The van der Waals surface area contributed by atoms with Gasteiger partial charge in [-0.2, -0.15) is 5.10 Å². The number of carbonyl (C=O) groups is 2. The molecule has 0 saturated carbocycles. The highest BCUT2D eigenvalue weighted by molar-refractivity contribution is 6.31. The van der Waals surface area contributed by atoms with E-state index in [4.69, 9.17) is 11.6 Å². The van der Waals surface area contributed by atoms with Crippen molar-refractivity contribution in [3.63, 3.8) is 0 Å². The first-order chi connectivity index (χ1) is 10.5. The lowest BCUT2D eigenvalue weighted by atomic mass is 10.2. The third kappa shape index (κ3) is 3.25. The van der Waals surface area contributed by atoms with Gasteiger partial charge in [-0.1, -0.05) is 17.7 Å². The zero-order valence-corrected chi connectivity index (χ0v) is 12.6. The van der Waals surface area contributed by atoms with Crippen molar-refractivity contribution in [2.75, 3.05) is 14.2 Å². The number of hydrogen-bond acceptors (Lipinski definition) is 5. The molecule has 6 nitrogen and oxygen atoms in total. The average Bonchev–Trinajstić information content (AvgIpc) is 2.92. The zero-order valence-electron chi connectivity index (χ0n) is 11.8. The molecule has 8 heteroatoms. The molecule has 1 heterocycles. The van der Waals surface area contributed by atoms with Crippen molar-refractivity contribution < 1.29 is 23.5 Å². The fourth-order valence-corrected chi connectivity index (χ4v) is 2.05. The fraction of sp³-hybridized carbons (Fsp3) is 0.214. The molecule has 0 unspecified atom stereocenters. The summed E-state index contributed by atoms with van der Waals surface area (Å²) in [5.74, 6) is -1.83. The van der Waals surface area contributed by atoms with Crippen LogP contribution in [0.15, 0.2) is 24.3 Å². The number of rotatable bonds is 4. The van der Waals surface area contributed by atoms with Crippen molar-refractivity contribution in [3.05, 3.63) is 52.1 Å². The van der Waals surface area contributed by atoms with E-state index in [-0.39, 0.29) is 23.0 Å². The van der Waals surface area contributed by atoms with Crippen LogP contribution in [0.3, 0.4) is 0 Å². The molecule has 0 radical (unpaired) electrons. The summed E-state index contributed by atoms with van der Waals surface area (Å²) in [4.78, 5) is 23.3. The summed E-state index contributed by atoms with van der Waals surface area (Å²) in [5.41, 5.74) is 0.553. The minimum Gasteiger partial charge on any atom is -0.464 e. The van der Waals surface area contributed by atoms with E-state index in [2.05, 4.69) is 14.6 Å². The van der Waals surface area contributed by atoms with Crippen molar-refractivity contribution >= 4 is 23.5 Å². The monoisotopic (exact) mass is 326 g/mol. The van der Waals surface area contributed by atoms with Gasteiger partial charge in [0.25, 0.3) is 0 Å². The van der Waals surface area contributed by atoms with E-state index in [1.165, 1.54) is 37.1 Å². The van der Waals surface area contributed by atoms with E-state index in [0.29, 0.717) is 5.56 Å². The number of ether oxygens (including phenoxy) is 2. The molecular weight excluding hydrogens is 315 g/mol. The number of halogens is 2. The Morgan fingerprint density at radius 1 is 1.23 bits per heavy atom. The number of carbonyl (C=O) groups excluding carboxylic acids is 2. The summed E-state index contributed by atoms with van der Waals surface area (Å²) in [6.45, 7) is 0.0700. The number of methoxy groups -OCH3 is 2. The van der Waals surface area contributed by atoms with Gasteiger partial charge in [0.1, 0.15) is 11.5 Å². The van der Waals surface area contributed by atoms with Crippen LogP contribution >= 0.6 is 11.6 Å². The van der Waals surface area contributed by atoms with Gasteiger partial charge in [0.15, 0.2) is 5.69 Å². The summed E-state index contributed by atoms with van der Waals surface area (Å²) in [6.07, 6.45) is 0. The Labute approximate surface area is 130 Å². The molecule has 0 aliphatic heterocycles. The van der Waals surface area contributed by atoms with Gasteiger partial charge < -0.3 is 9.47 Å². The molecule has 0 amide bonds. The molecule has 0 N–H and O–H groups in total. The minimum atomic E-state index is -0.686. The third-order valence-corrected chi connectivity index (χ3v) is 3.26. The third-order valence-electron chi connectivity index (χ3n) is 2.90. The molecule has 0 bridgehead atoms. The highest BCUT2D eigenvalue weighted by atomic mass is 35.5. The number of benzene rings is 1. The van der Waals surface area contributed by atoms with Crippen molar-refractivity contribution in [1.29, 1.82) is 0 Å². The van der Waals surface area contributed by atoms with E-state index in [9.17, 15) is 14.0 Å². The summed E-state index contributed by atoms with van der Waals surface area (Å²) in [5, 5.41) is 4.18. The Morgan fingerprint density at radius 3 is 2.50 bits per heavy atom. The molecule has 0 aliphatic carbocycles. The van der Waals surface area contributed by atoms with Crippen LogP contribution in [-0.2, 0) is 16.0 Å². The van der Waals surface area contributed by atoms with Crippen LogP contribution in [0.2, 0.25) is 5.02 Å². The first-order valence-electron chi connectivity index (χ1n) is 6.14. The van der Waals surface area contributed by atoms with Gasteiger partial charge in [-0.15, -0.1) is 0 Å². The van der Waals surface area contributed by atoms with E-state index in [1.807, 2.05) is 0 Å². The zero-order chi connectivity index (χ0) is 16.3. The summed E-state index contributed by atoms with van der Waals surface area (Å²) in [6, 6.07) is 5.12. The van der Waals surface area contributed by atoms with E-state index >= 15 is 0 Å². The SMILES string of the molecule is COC(=O)c1cc(C(=O)OC)n(Cc2ccc(F)cc2Cl)n1. The van der Waals surface area contributed by atoms with Gasteiger partial charge in [0, 0.05) is 11.1 Å². The predicted octanol–water partition coefficient (Wildman–Crippen LogP) is 2.30. The molecule has 116 valence electrons. The molecule has 22 heavy (non-hydrogen) atoms. The van der Waals surface area contributed by atoms with Crippen molar-refractivity contribution in [1.82, 2.24) is 9.78 Å². The van der Waals surface area contributed by atoms with Gasteiger partial charge in [-0.3, -0.25) is 4.68 Å². The fourth-order valence-electron chi connectivity index (χ4n) is 1.82. The molecule has 0 aliphatic rings. The Kier molecular flexibility index (Phi) is 4.77. The highest BCUT2D eigenvalue weighted by Crippen LogP contribution is 2.19. The van der Waals surface area contributed by atoms with Crippen molar-refractivity contribution in [3.8, 4) is 0 Å². The summed E-state index contributed by atoms with van der Waals surface area (Å²) in [7, 11) is 2.42. The average molecular weight is 327 g/mol. The topological polar surface area (TPSA) is 70.4 Å². The molecule has 0 spiro atoms. The Morgan fingerprint density at radius 2 is 1.91 bits per heavy atom. The lowest BCUT2D eigenvalue weighted by molar-refractivity contribution is 0.0581. The standard InChI is InChI=1S/C14H12ClFN2O4/c1-21-13(19)11-6-12(14(20)22-2)18(17-11)7-8-3-4-9(16)5-10(8)15/h3-6H,7H2,1-2H3. The van der Waals surface area contributed by atoms with Crippen LogP contribution in [0.4, 0.5) is 4.39 Å². The Hall–Kier alpha value is -2.41. The van der Waals surface area contributed by atoms with Gasteiger partial charge in [-0.05, 0) is 17.7 Å². The lowest BCUT2D eigenvalue weighted by Crippen LogP contribution is -2.13. The van der Waals surface area contributed by atoms with Crippen LogP contribution in [-0.4, -0.2) is 35.9 Å². The minimum absolute atomic E-state index is 0.0406.